The molecule has 2 unspecified atom stereocenters. The van der Waals surface area contributed by atoms with Crippen LogP contribution in [0.1, 0.15) is 40.0 Å². The first-order valence-corrected chi connectivity index (χ1v) is 5.82. The summed E-state index contributed by atoms with van der Waals surface area (Å²) in [6.45, 7) is 8.81. The van der Waals surface area contributed by atoms with Crippen molar-refractivity contribution in [3.8, 4) is 0 Å². The first-order chi connectivity index (χ1) is 7.74. The van der Waals surface area contributed by atoms with Crippen LogP contribution in [0.15, 0.2) is 12.7 Å². The molecule has 0 heterocycles. The molecule has 0 bridgehead atoms. The lowest BCUT2D eigenvalue weighted by Gasteiger charge is -2.22. The number of ether oxygens (including phenoxy) is 1. The van der Waals surface area contributed by atoms with Gasteiger partial charge in [0.15, 0.2) is 5.41 Å². The van der Waals surface area contributed by atoms with Gasteiger partial charge in [-0.15, -0.1) is 6.58 Å². The number of carboxylic acids is 1. The number of allylic oxidation sites excluding steroid dienone is 1. The number of hydrogen-bond donors (Lipinski definition) is 1. The molecule has 0 amide bonds. The molecule has 1 aliphatic rings. The third kappa shape index (κ3) is 2.87. The summed E-state index contributed by atoms with van der Waals surface area (Å²) in [6, 6.07) is 0. The van der Waals surface area contributed by atoms with Gasteiger partial charge in [0.25, 0.3) is 0 Å². The van der Waals surface area contributed by atoms with Crippen LogP contribution in [0.3, 0.4) is 0 Å². The second-order valence-electron chi connectivity index (χ2n) is 5.55. The van der Waals surface area contributed by atoms with E-state index in [-0.39, 0.29) is 5.92 Å². The van der Waals surface area contributed by atoms with Crippen LogP contribution < -0.4 is 0 Å². The number of esters is 1. The lowest BCUT2D eigenvalue weighted by atomic mass is 10.0. The zero-order chi connectivity index (χ0) is 13.3. The molecule has 0 spiro atoms. The van der Waals surface area contributed by atoms with E-state index in [0.717, 1.165) is 6.42 Å². The molecular formula is C13H20O4. The van der Waals surface area contributed by atoms with Crippen LogP contribution in [0, 0.1) is 11.3 Å². The van der Waals surface area contributed by atoms with Gasteiger partial charge in [-0.05, 0) is 46.0 Å². The lowest BCUT2D eigenvalue weighted by molar-refractivity contribution is -0.170. The average molecular weight is 240 g/mol. The van der Waals surface area contributed by atoms with Crippen molar-refractivity contribution in [2.24, 2.45) is 11.3 Å². The van der Waals surface area contributed by atoms with Crippen LogP contribution in [-0.2, 0) is 14.3 Å². The van der Waals surface area contributed by atoms with Crippen LogP contribution in [0.5, 0.6) is 0 Å². The zero-order valence-corrected chi connectivity index (χ0v) is 10.7. The van der Waals surface area contributed by atoms with Gasteiger partial charge in [0, 0.05) is 0 Å². The van der Waals surface area contributed by atoms with Gasteiger partial charge in [0.05, 0.1) is 0 Å². The summed E-state index contributed by atoms with van der Waals surface area (Å²) in [5, 5.41) is 9.21. The molecule has 0 radical (unpaired) electrons. The van der Waals surface area contributed by atoms with Crippen molar-refractivity contribution in [3.63, 3.8) is 0 Å². The minimum absolute atomic E-state index is 0.118. The minimum atomic E-state index is -1.31. The minimum Gasteiger partial charge on any atom is -0.480 e. The third-order valence-corrected chi connectivity index (χ3v) is 2.97. The van der Waals surface area contributed by atoms with Gasteiger partial charge in [0.2, 0.25) is 0 Å². The van der Waals surface area contributed by atoms with E-state index in [2.05, 4.69) is 6.58 Å². The second-order valence-corrected chi connectivity index (χ2v) is 5.55. The number of carboxylic acid groups (broad SMARTS) is 1. The van der Waals surface area contributed by atoms with E-state index >= 15 is 0 Å². The van der Waals surface area contributed by atoms with Crippen LogP contribution in [-0.4, -0.2) is 22.6 Å². The molecular weight excluding hydrogens is 220 g/mol. The Morgan fingerprint density at radius 2 is 2.12 bits per heavy atom. The number of carbonyl (C=O) groups excluding carboxylic acids is 1. The Morgan fingerprint density at radius 3 is 2.53 bits per heavy atom. The number of hydrogen-bond acceptors (Lipinski definition) is 3. The summed E-state index contributed by atoms with van der Waals surface area (Å²) >= 11 is 0. The largest absolute Gasteiger partial charge is 0.480 e. The summed E-state index contributed by atoms with van der Waals surface area (Å²) in [5.74, 6) is -1.79. The normalized spacial score (nSPS) is 27.4. The second kappa shape index (κ2) is 4.51. The van der Waals surface area contributed by atoms with Gasteiger partial charge in [-0.25, -0.2) is 0 Å². The fourth-order valence-corrected chi connectivity index (χ4v) is 1.97. The molecule has 1 fully saturated rings. The van der Waals surface area contributed by atoms with Gasteiger partial charge in [-0.3, -0.25) is 9.59 Å². The zero-order valence-electron chi connectivity index (χ0n) is 10.7. The predicted octanol–water partition coefficient (Wildman–Crippen LogP) is 2.39. The van der Waals surface area contributed by atoms with Gasteiger partial charge in [-0.2, -0.15) is 0 Å². The molecule has 4 nitrogen and oxygen atoms in total. The number of aliphatic carboxylic acids is 1. The van der Waals surface area contributed by atoms with E-state index in [1.165, 1.54) is 0 Å². The van der Waals surface area contributed by atoms with Crippen LogP contribution in [0.4, 0.5) is 0 Å². The summed E-state index contributed by atoms with van der Waals surface area (Å²) in [7, 11) is 0. The highest BCUT2D eigenvalue weighted by Crippen LogP contribution is 2.56. The molecule has 0 aromatic heterocycles. The van der Waals surface area contributed by atoms with E-state index in [1.807, 2.05) is 0 Å². The Hall–Kier alpha value is -1.32. The maximum atomic E-state index is 11.9. The van der Waals surface area contributed by atoms with E-state index < -0.39 is 23.0 Å². The molecule has 1 rings (SSSR count). The van der Waals surface area contributed by atoms with Crippen molar-refractivity contribution < 1.29 is 19.4 Å². The summed E-state index contributed by atoms with van der Waals surface area (Å²) in [5.41, 5.74) is -1.96. The lowest BCUT2D eigenvalue weighted by Crippen LogP contribution is -2.35. The van der Waals surface area contributed by atoms with Crippen molar-refractivity contribution >= 4 is 11.9 Å². The van der Waals surface area contributed by atoms with Gasteiger partial charge >= 0.3 is 11.9 Å². The monoisotopic (exact) mass is 240 g/mol. The molecule has 1 N–H and O–H groups in total. The Bertz CT molecular complexity index is 340. The third-order valence-electron chi connectivity index (χ3n) is 2.97. The summed E-state index contributed by atoms with van der Waals surface area (Å²) in [6.07, 6.45) is 3.52. The van der Waals surface area contributed by atoms with Gasteiger partial charge in [-0.1, -0.05) is 6.08 Å². The molecule has 0 aliphatic heterocycles. The molecule has 1 saturated carbocycles. The Balaban J connectivity index is 2.73. The maximum absolute atomic E-state index is 11.9. The van der Waals surface area contributed by atoms with Crippen LogP contribution in [0.2, 0.25) is 0 Å². The smallest absolute Gasteiger partial charge is 0.324 e. The Labute approximate surface area is 102 Å². The first kappa shape index (κ1) is 13.7. The average Bonchev–Trinajstić information content (AvgIpc) is 2.87. The molecule has 0 aromatic carbocycles. The molecule has 2 atom stereocenters. The van der Waals surface area contributed by atoms with Crippen LogP contribution in [0.25, 0.3) is 0 Å². The van der Waals surface area contributed by atoms with E-state index in [4.69, 9.17) is 4.74 Å². The summed E-state index contributed by atoms with van der Waals surface area (Å²) < 4.78 is 5.19. The standard InChI is InChI=1S/C13H20O4/c1-5-6-7-9-8-13(9,10(14)15)11(16)17-12(2,3)4/h5,9H,1,6-8H2,2-4H3,(H,14,15). The highest BCUT2D eigenvalue weighted by molar-refractivity contribution is 6.03. The van der Waals surface area contributed by atoms with E-state index in [1.54, 1.807) is 26.8 Å². The fourth-order valence-electron chi connectivity index (χ4n) is 1.97. The van der Waals surface area contributed by atoms with Crippen molar-refractivity contribution in [2.75, 3.05) is 0 Å². The van der Waals surface area contributed by atoms with Crippen molar-refractivity contribution in [1.82, 2.24) is 0 Å². The predicted molar refractivity (Wildman–Crippen MR) is 63.5 cm³/mol. The molecule has 4 heteroatoms. The molecule has 96 valence electrons. The van der Waals surface area contributed by atoms with E-state index in [9.17, 15) is 14.7 Å². The maximum Gasteiger partial charge on any atom is 0.324 e. The van der Waals surface area contributed by atoms with Crippen molar-refractivity contribution in [2.45, 2.75) is 45.6 Å². The van der Waals surface area contributed by atoms with Gasteiger partial charge < -0.3 is 9.84 Å². The fraction of sp³-hybridized carbons (Fsp3) is 0.692. The van der Waals surface area contributed by atoms with Crippen molar-refractivity contribution in [3.05, 3.63) is 12.7 Å². The highest BCUT2D eigenvalue weighted by atomic mass is 16.6. The molecule has 17 heavy (non-hydrogen) atoms. The molecule has 1 aliphatic carbocycles. The molecule has 0 saturated heterocycles. The Morgan fingerprint density at radius 1 is 1.53 bits per heavy atom. The summed E-state index contributed by atoms with van der Waals surface area (Å²) in [4.78, 5) is 23.2. The van der Waals surface area contributed by atoms with Gasteiger partial charge in [0.1, 0.15) is 5.60 Å². The number of rotatable bonds is 5. The Kier molecular flexibility index (Phi) is 3.65. The quantitative estimate of drug-likeness (QED) is 0.455. The first-order valence-electron chi connectivity index (χ1n) is 5.82. The topological polar surface area (TPSA) is 63.6 Å². The van der Waals surface area contributed by atoms with E-state index in [0.29, 0.717) is 12.8 Å². The van der Waals surface area contributed by atoms with Crippen LogP contribution >= 0.6 is 0 Å². The van der Waals surface area contributed by atoms with Crippen molar-refractivity contribution in [1.29, 1.82) is 0 Å². The number of carbonyl (C=O) groups is 2. The SMILES string of the molecule is C=CCCC1CC1(C(=O)O)C(=O)OC(C)(C)C. The molecule has 0 aromatic rings. The highest BCUT2D eigenvalue weighted by Gasteiger charge is 2.67.